The largest absolute Gasteiger partial charge is 0.455 e. The van der Waals surface area contributed by atoms with Gasteiger partial charge in [0.1, 0.15) is 11.6 Å². The van der Waals surface area contributed by atoms with Crippen LogP contribution in [0.5, 0.6) is 11.5 Å². The number of rotatable bonds is 6. The Morgan fingerprint density at radius 1 is 0.714 bits per heavy atom. The second-order valence-corrected chi connectivity index (χ2v) is 6.24. The minimum absolute atomic E-state index is 0.489. The summed E-state index contributed by atoms with van der Waals surface area (Å²) < 4.78 is 5.99. The van der Waals surface area contributed by atoms with E-state index in [-0.39, 0.29) is 0 Å². The maximum Gasteiger partial charge on any atom is 0.229 e. The molecule has 1 aromatic heterocycles. The van der Waals surface area contributed by atoms with E-state index in [1.807, 2.05) is 78.9 Å². The topological polar surface area (TPSA) is 59.1 Å². The van der Waals surface area contributed by atoms with E-state index in [2.05, 4.69) is 33.6 Å². The lowest BCUT2D eigenvalue weighted by Gasteiger charge is -2.13. The fourth-order valence-corrected chi connectivity index (χ4v) is 2.73. The average molecular weight is 368 g/mol. The monoisotopic (exact) mass is 368 g/mol. The van der Waals surface area contributed by atoms with E-state index in [0.717, 1.165) is 22.7 Å². The smallest absolute Gasteiger partial charge is 0.229 e. The summed E-state index contributed by atoms with van der Waals surface area (Å²) >= 11 is 0. The van der Waals surface area contributed by atoms with Crippen molar-refractivity contribution >= 4 is 23.1 Å². The van der Waals surface area contributed by atoms with Gasteiger partial charge in [0.15, 0.2) is 5.75 Å². The highest BCUT2D eigenvalue weighted by Crippen LogP contribution is 2.31. The zero-order valence-corrected chi connectivity index (χ0v) is 15.5. The van der Waals surface area contributed by atoms with Crippen molar-refractivity contribution in [2.24, 2.45) is 0 Å². The van der Waals surface area contributed by atoms with E-state index < -0.39 is 0 Å². The van der Waals surface area contributed by atoms with Gasteiger partial charge in [-0.05, 0) is 48.9 Å². The number of ether oxygens (including phenoxy) is 1. The Morgan fingerprint density at radius 3 is 2.25 bits per heavy atom. The van der Waals surface area contributed by atoms with Gasteiger partial charge < -0.3 is 15.4 Å². The number of aryl methyl sites for hydroxylation is 1. The van der Waals surface area contributed by atoms with E-state index in [1.54, 1.807) is 6.20 Å². The number of hydrogen-bond donors (Lipinski definition) is 2. The Bertz CT molecular complexity index is 1070. The summed E-state index contributed by atoms with van der Waals surface area (Å²) in [5.74, 6) is 2.68. The second-order valence-electron chi connectivity index (χ2n) is 6.24. The molecule has 4 aromatic rings. The summed E-state index contributed by atoms with van der Waals surface area (Å²) in [5, 5.41) is 6.58. The van der Waals surface area contributed by atoms with Crippen LogP contribution >= 0.6 is 0 Å². The number of nitrogens with zero attached hydrogens (tertiary/aromatic N) is 2. The SMILES string of the molecule is Cc1ccccc1Nc1ccnc(Nc2ccccc2Oc2ccccc2)n1. The molecule has 138 valence electrons. The van der Waals surface area contributed by atoms with Crippen LogP contribution < -0.4 is 15.4 Å². The van der Waals surface area contributed by atoms with Gasteiger partial charge in [-0.1, -0.05) is 48.5 Å². The Kier molecular flexibility index (Phi) is 5.15. The molecule has 0 radical (unpaired) electrons. The third kappa shape index (κ3) is 4.27. The molecule has 5 nitrogen and oxygen atoms in total. The van der Waals surface area contributed by atoms with Crippen molar-refractivity contribution in [2.45, 2.75) is 6.92 Å². The third-order valence-electron chi connectivity index (χ3n) is 4.17. The van der Waals surface area contributed by atoms with E-state index >= 15 is 0 Å². The summed E-state index contributed by atoms with van der Waals surface area (Å²) in [6.07, 6.45) is 1.72. The fraction of sp³-hybridized carbons (Fsp3) is 0.0435. The predicted molar refractivity (Wildman–Crippen MR) is 113 cm³/mol. The highest BCUT2D eigenvalue weighted by atomic mass is 16.5. The molecule has 5 heteroatoms. The maximum absolute atomic E-state index is 5.99. The first-order valence-corrected chi connectivity index (χ1v) is 9.02. The van der Waals surface area contributed by atoms with Crippen LogP contribution in [-0.4, -0.2) is 9.97 Å². The molecule has 0 unspecified atom stereocenters. The molecule has 0 fully saturated rings. The molecule has 2 N–H and O–H groups in total. The van der Waals surface area contributed by atoms with Gasteiger partial charge in [0.2, 0.25) is 5.95 Å². The van der Waals surface area contributed by atoms with Crippen LogP contribution in [0.25, 0.3) is 0 Å². The van der Waals surface area contributed by atoms with Gasteiger partial charge in [0, 0.05) is 11.9 Å². The molecular weight excluding hydrogens is 348 g/mol. The van der Waals surface area contributed by atoms with Crippen LogP contribution in [0.1, 0.15) is 5.56 Å². The molecule has 0 bridgehead atoms. The number of nitrogens with one attached hydrogen (secondary N) is 2. The van der Waals surface area contributed by atoms with Gasteiger partial charge in [0.25, 0.3) is 0 Å². The van der Waals surface area contributed by atoms with Crippen LogP contribution in [0, 0.1) is 6.92 Å². The Morgan fingerprint density at radius 2 is 1.43 bits per heavy atom. The maximum atomic E-state index is 5.99. The lowest BCUT2D eigenvalue weighted by atomic mass is 10.2. The van der Waals surface area contributed by atoms with Crippen molar-refractivity contribution in [1.82, 2.24) is 9.97 Å². The van der Waals surface area contributed by atoms with Crippen LogP contribution in [0.3, 0.4) is 0 Å². The number of aromatic nitrogens is 2. The highest BCUT2D eigenvalue weighted by Gasteiger charge is 2.07. The first-order chi connectivity index (χ1) is 13.8. The fourth-order valence-electron chi connectivity index (χ4n) is 2.73. The molecule has 0 amide bonds. The third-order valence-corrected chi connectivity index (χ3v) is 4.17. The van der Waals surface area contributed by atoms with Gasteiger partial charge in [-0.3, -0.25) is 0 Å². The van der Waals surface area contributed by atoms with Gasteiger partial charge in [-0.25, -0.2) is 4.98 Å². The number of anilines is 4. The van der Waals surface area contributed by atoms with Crippen molar-refractivity contribution in [3.8, 4) is 11.5 Å². The van der Waals surface area contributed by atoms with Gasteiger partial charge in [-0.2, -0.15) is 4.98 Å². The van der Waals surface area contributed by atoms with Crippen LogP contribution in [0.4, 0.5) is 23.1 Å². The lowest BCUT2D eigenvalue weighted by Crippen LogP contribution is -2.02. The predicted octanol–water partition coefficient (Wildman–Crippen LogP) is 6.06. The summed E-state index contributed by atoms with van der Waals surface area (Å²) in [6.45, 7) is 2.06. The van der Waals surface area contributed by atoms with E-state index in [0.29, 0.717) is 17.5 Å². The molecule has 0 aliphatic carbocycles. The molecule has 0 aliphatic rings. The van der Waals surface area contributed by atoms with Crippen LogP contribution in [-0.2, 0) is 0 Å². The Hall–Kier alpha value is -3.86. The second kappa shape index (κ2) is 8.22. The quantitative estimate of drug-likeness (QED) is 0.433. The van der Waals surface area contributed by atoms with Crippen molar-refractivity contribution in [1.29, 1.82) is 0 Å². The van der Waals surface area contributed by atoms with Crippen LogP contribution in [0.15, 0.2) is 91.1 Å². The summed E-state index contributed by atoms with van der Waals surface area (Å²) in [5.41, 5.74) is 2.96. The molecule has 0 aliphatic heterocycles. The van der Waals surface area contributed by atoms with Crippen LogP contribution in [0.2, 0.25) is 0 Å². The minimum Gasteiger partial charge on any atom is -0.455 e. The Labute approximate surface area is 164 Å². The number of para-hydroxylation sites is 4. The zero-order valence-electron chi connectivity index (χ0n) is 15.5. The molecule has 3 aromatic carbocycles. The minimum atomic E-state index is 0.489. The van der Waals surface area contributed by atoms with Crippen molar-refractivity contribution < 1.29 is 4.74 Å². The molecule has 0 spiro atoms. The molecule has 1 heterocycles. The van der Waals surface area contributed by atoms with Crippen molar-refractivity contribution in [3.05, 3.63) is 96.7 Å². The van der Waals surface area contributed by atoms with Crippen molar-refractivity contribution in [2.75, 3.05) is 10.6 Å². The molecule has 4 rings (SSSR count). The normalized spacial score (nSPS) is 10.3. The summed E-state index contributed by atoms with van der Waals surface area (Å²) in [7, 11) is 0. The van der Waals surface area contributed by atoms with Gasteiger partial charge >= 0.3 is 0 Å². The molecule has 0 saturated carbocycles. The molecular formula is C23H20N4O. The first kappa shape index (κ1) is 17.5. The van der Waals surface area contributed by atoms with E-state index in [9.17, 15) is 0 Å². The molecule has 0 saturated heterocycles. The molecule has 28 heavy (non-hydrogen) atoms. The van der Waals surface area contributed by atoms with Gasteiger partial charge in [-0.15, -0.1) is 0 Å². The average Bonchev–Trinajstić information content (AvgIpc) is 2.72. The highest BCUT2D eigenvalue weighted by molar-refractivity contribution is 5.65. The van der Waals surface area contributed by atoms with Gasteiger partial charge in [0.05, 0.1) is 5.69 Å². The number of hydrogen-bond acceptors (Lipinski definition) is 5. The molecule has 0 atom stereocenters. The number of benzene rings is 3. The van der Waals surface area contributed by atoms with E-state index in [1.165, 1.54) is 0 Å². The lowest BCUT2D eigenvalue weighted by molar-refractivity contribution is 0.485. The van der Waals surface area contributed by atoms with Crippen molar-refractivity contribution in [3.63, 3.8) is 0 Å². The first-order valence-electron chi connectivity index (χ1n) is 9.02. The Balaban J connectivity index is 1.54. The standard InChI is InChI=1S/C23H20N4O/c1-17-9-5-6-12-19(17)25-22-15-16-24-23(27-22)26-20-13-7-8-14-21(20)28-18-10-3-2-4-11-18/h2-16H,1H3,(H2,24,25,26,27). The zero-order chi connectivity index (χ0) is 19.2. The summed E-state index contributed by atoms with van der Waals surface area (Å²) in [6, 6.07) is 27.3. The van der Waals surface area contributed by atoms with E-state index in [4.69, 9.17) is 4.74 Å². The summed E-state index contributed by atoms with van der Waals surface area (Å²) in [4.78, 5) is 8.89.